The lowest BCUT2D eigenvalue weighted by Crippen LogP contribution is -2.41. The number of alkyl halides is 4. The van der Waals surface area contributed by atoms with E-state index in [1.807, 2.05) is 6.92 Å². The van der Waals surface area contributed by atoms with Crippen molar-refractivity contribution in [1.82, 2.24) is 5.32 Å². The van der Waals surface area contributed by atoms with Crippen molar-refractivity contribution in [3.8, 4) is 0 Å². The zero-order valence-corrected chi connectivity index (χ0v) is 11.3. The van der Waals surface area contributed by atoms with Gasteiger partial charge in [0.2, 0.25) is 5.91 Å². The topological polar surface area (TPSA) is 29.1 Å². The van der Waals surface area contributed by atoms with Crippen LogP contribution >= 0.6 is 15.9 Å². The highest BCUT2D eigenvalue weighted by Crippen LogP contribution is 2.39. The Bertz CT molecular complexity index is 270. The Balaban J connectivity index is 2.52. The van der Waals surface area contributed by atoms with Gasteiger partial charge in [0, 0.05) is 17.3 Å². The van der Waals surface area contributed by atoms with Gasteiger partial charge in [-0.2, -0.15) is 13.2 Å². The van der Waals surface area contributed by atoms with E-state index in [-0.39, 0.29) is 24.8 Å². The van der Waals surface area contributed by atoms with Crippen molar-refractivity contribution in [2.24, 2.45) is 11.8 Å². The van der Waals surface area contributed by atoms with Gasteiger partial charge in [0.15, 0.2) is 0 Å². The van der Waals surface area contributed by atoms with Gasteiger partial charge in [-0.05, 0) is 26.2 Å². The van der Waals surface area contributed by atoms with Crippen molar-refractivity contribution in [1.29, 1.82) is 0 Å². The average Bonchev–Trinajstić information content (AvgIpc) is 2.28. The fourth-order valence-corrected chi connectivity index (χ4v) is 2.29. The van der Waals surface area contributed by atoms with Gasteiger partial charge in [-0.15, -0.1) is 0 Å². The molecule has 1 saturated carbocycles. The Labute approximate surface area is 107 Å². The van der Waals surface area contributed by atoms with Crippen LogP contribution in [-0.2, 0) is 4.79 Å². The molecule has 1 aliphatic rings. The fraction of sp³-hybridized carbons (Fsp3) is 0.909. The minimum absolute atomic E-state index is 0.0474. The normalized spacial score (nSPS) is 27.6. The molecule has 2 nitrogen and oxygen atoms in total. The molecule has 1 fully saturated rings. The molecule has 0 aromatic carbocycles. The molecule has 100 valence electrons. The number of nitrogens with one attached hydrogen (secondary N) is 1. The van der Waals surface area contributed by atoms with Gasteiger partial charge in [-0.3, -0.25) is 4.79 Å². The van der Waals surface area contributed by atoms with Gasteiger partial charge in [-0.25, -0.2) is 0 Å². The van der Waals surface area contributed by atoms with Gasteiger partial charge < -0.3 is 5.32 Å². The lowest BCUT2D eigenvalue weighted by atomic mass is 9.80. The van der Waals surface area contributed by atoms with E-state index < -0.39 is 18.0 Å². The van der Waals surface area contributed by atoms with E-state index in [0.29, 0.717) is 18.2 Å². The third-order valence-electron chi connectivity index (χ3n) is 3.13. The summed E-state index contributed by atoms with van der Waals surface area (Å²) < 4.78 is 37.7. The summed E-state index contributed by atoms with van der Waals surface area (Å²) in [5, 5.41) is 3.32. The number of hydrogen-bond donors (Lipinski definition) is 1. The van der Waals surface area contributed by atoms with Crippen LogP contribution in [0.2, 0.25) is 0 Å². The summed E-state index contributed by atoms with van der Waals surface area (Å²) in [7, 11) is 0. The van der Waals surface area contributed by atoms with E-state index in [1.165, 1.54) is 0 Å². The highest BCUT2D eigenvalue weighted by molar-refractivity contribution is 9.09. The summed E-state index contributed by atoms with van der Waals surface area (Å²) in [6.07, 6.45) is -3.04. The van der Waals surface area contributed by atoms with Gasteiger partial charge in [0.25, 0.3) is 0 Å². The summed E-state index contributed by atoms with van der Waals surface area (Å²) in [5.74, 6) is -2.05. The first-order valence-corrected chi connectivity index (χ1v) is 6.89. The van der Waals surface area contributed by atoms with Crippen molar-refractivity contribution < 1.29 is 18.0 Å². The van der Waals surface area contributed by atoms with Gasteiger partial charge in [-0.1, -0.05) is 22.4 Å². The summed E-state index contributed by atoms with van der Waals surface area (Å²) in [5.41, 5.74) is 0. The van der Waals surface area contributed by atoms with Crippen LogP contribution in [0.3, 0.4) is 0 Å². The first-order chi connectivity index (χ1) is 7.84. The molecule has 17 heavy (non-hydrogen) atoms. The molecular weight excluding hydrogens is 299 g/mol. The van der Waals surface area contributed by atoms with E-state index in [9.17, 15) is 18.0 Å². The predicted octanol–water partition coefficient (Wildman–Crippen LogP) is 3.25. The quantitative estimate of drug-likeness (QED) is 0.796. The predicted molar refractivity (Wildman–Crippen MR) is 62.9 cm³/mol. The Morgan fingerprint density at radius 2 is 2.12 bits per heavy atom. The van der Waals surface area contributed by atoms with Crippen molar-refractivity contribution >= 4 is 21.8 Å². The lowest BCUT2D eigenvalue weighted by Gasteiger charge is -2.30. The van der Waals surface area contributed by atoms with E-state index in [1.54, 1.807) is 0 Å². The monoisotopic (exact) mass is 315 g/mol. The molecule has 0 radical (unpaired) electrons. The maximum Gasteiger partial charge on any atom is 0.391 e. The first-order valence-electron chi connectivity index (χ1n) is 5.77. The summed E-state index contributed by atoms with van der Waals surface area (Å²) >= 11 is 3.22. The van der Waals surface area contributed by atoms with E-state index in [0.717, 1.165) is 0 Å². The number of hydrogen-bond acceptors (Lipinski definition) is 1. The molecule has 1 aliphatic carbocycles. The van der Waals surface area contributed by atoms with E-state index in [4.69, 9.17) is 0 Å². The number of carbonyl (C=O) groups is 1. The number of halogens is 4. The van der Waals surface area contributed by atoms with Crippen LogP contribution in [-0.4, -0.2) is 23.5 Å². The lowest BCUT2D eigenvalue weighted by molar-refractivity contribution is -0.186. The van der Waals surface area contributed by atoms with Crippen molar-refractivity contribution in [2.45, 2.75) is 44.8 Å². The highest BCUT2D eigenvalue weighted by Gasteiger charge is 2.43. The minimum atomic E-state index is -4.17. The molecule has 0 aliphatic heterocycles. The summed E-state index contributed by atoms with van der Waals surface area (Å²) in [6, 6.07) is -0.0474. The smallest absolute Gasteiger partial charge is 0.353 e. The molecule has 1 rings (SSSR count). The van der Waals surface area contributed by atoms with Crippen LogP contribution in [0.5, 0.6) is 0 Å². The summed E-state index contributed by atoms with van der Waals surface area (Å²) in [6.45, 7) is 1.82. The molecule has 0 aromatic heterocycles. The molecule has 0 saturated heterocycles. The maximum atomic E-state index is 12.6. The molecule has 3 unspecified atom stereocenters. The Morgan fingerprint density at radius 3 is 2.65 bits per heavy atom. The molecule has 0 bridgehead atoms. The second kappa shape index (κ2) is 6.07. The number of carbonyl (C=O) groups excluding carboxylic acids is 1. The van der Waals surface area contributed by atoms with Crippen LogP contribution in [0.25, 0.3) is 0 Å². The van der Waals surface area contributed by atoms with Crippen molar-refractivity contribution in [2.75, 3.05) is 5.33 Å². The average molecular weight is 316 g/mol. The Hall–Kier alpha value is -0.260. The first kappa shape index (κ1) is 14.8. The second-order valence-corrected chi connectivity index (χ2v) is 5.31. The molecule has 3 atom stereocenters. The molecule has 6 heteroatoms. The number of amides is 1. The van der Waals surface area contributed by atoms with Gasteiger partial charge in [0.05, 0.1) is 5.92 Å². The SMILES string of the molecule is CC(CBr)NC(=O)C1CCCC(C(F)(F)F)C1. The van der Waals surface area contributed by atoms with E-state index in [2.05, 4.69) is 21.2 Å². The molecular formula is C11H17BrF3NO. The standard InChI is InChI=1S/C11H17BrF3NO/c1-7(6-12)16-10(17)8-3-2-4-9(5-8)11(13,14)15/h7-9H,2-6H2,1H3,(H,16,17). The fourth-order valence-electron chi connectivity index (χ4n) is 2.12. The van der Waals surface area contributed by atoms with Crippen molar-refractivity contribution in [3.63, 3.8) is 0 Å². The zero-order chi connectivity index (χ0) is 13.1. The Morgan fingerprint density at radius 1 is 1.47 bits per heavy atom. The highest BCUT2D eigenvalue weighted by atomic mass is 79.9. The molecule has 0 heterocycles. The van der Waals surface area contributed by atoms with Crippen LogP contribution in [0.15, 0.2) is 0 Å². The minimum Gasteiger partial charge on any atom is -0.353 e. The molecule has 1 N–H and O–H groups in total. The molecule has 0 spiro atoms. The summed E-state index contributed by atoms with van der Waals surface area (Å²) in [4.78, 5) is 11.7. The Kier molecular flexibility index (Phi) is 5.28. The van der Waals surface area contributed by atoms with E-state index >= 15 is 0 Å². The molecule has 0 aromatic rings. The third-order valence-corrected chi connectivity index (χ3v) is 4.10. The third kappa shape index (κ3) is 4.48. The van der Waals surface area contributed by atoms with Crippen LogP contribution in [0, 0.1) is 11.8 Å². The van der Waals surface area contributed by atoms with Gasteiger partial charge in [0.1, 0.15) is 0 Å². The number of rotatable bonds is 3. The van der Waals surface area contributed by atoms with Crippen LogP contribution < -0.4 is 5.32 Å². The van der Waals surface area contributed by atoms with Crippen molar-refractivity contribution in [3.05, 3.63) is 0 Å². The second-order valence-electron chi connectivity index (χ2n) is 4.67. The zero-order valence-electron chi connectivity index (χ0n) is 9.69. The van der Waals surface area contributed by atoms with Crippen LogP contribution in [0.1, 0.15) is 32.6 Å². The molecule has 1 amide bonds. The maximum absolute atomic E-state index is 12.6. The van der Waals surface area contributed by atoms with Crippen LogP contribution in [0.4, 0.5) is 13.2 Å². The largest absolute Gasteiger partial charge is 0.391 e. The van der Waals surface area contributed by atoms with Gasteiger partial charge >= 0.3 is 6.18 Å².